The number of aromatic nitrogens is 3. The summed E-state index contributed by atoms with van der Waals surface area (Å²) in [5, 5.41) is 28.5. The molecule has 0 unspecified atom stereocenters. The van der Waals surface area contributed by atoms with Gasteiger partial charge in [-0.15, -0.1) is 0 Å². The number of aryl methyl sites for hydroxylation is 6. The van der Waals surface area contributed by atoms with Crippen LogP contribution in [0, 0.1) is 59.3 Å². The highest BCUT2D eigenvalue weighted by molar-refractivity contribution is 7.89. The highest BCUT2D eigenvalue weighted by Crippen LogP contribution is 2.33. The minimum atomic E-state index is -5.77. The first-order chi connectivity index (χ1) is 58.4. The van der Waals surface area contributed by atoms with Crippen molar-refractivity contribution in [2.45, 2.75) is 165 Å². The number of benzene rings is 3. The Balaban J connectivity index is 0.000000414. The molecular weight excluding hydrogens is 1690 g/mol. The van der Waals surface area contributed by atoms with Crippen LogP contribution in [0.25, 0.3) is 0 Å². The van der Waals surface area contributed by atoms with E-state index < -0.39 is 60.0 Å². The van der Waals surface area contributed by atoms with Crippen molar-refractivity contribution in [3.63, 3.8) is 0 Å². The second-order valence-electron chi connectivity index (χ2n) is 29.6. The molecule has 6 heterocycles. The molecule has 7 N–H and O–H groups in total. The van der Waals surface area contributed by atoms with Crippen LogP contribution < -0.4 is 45.3 Å². The SMILES string of the molecule is COc1cc(C)c(S(=O)(=O)N(C)CCCCC(=O)NCC2CCN(c3ccncc3)CC2)c(C)c1.COc1cc(C)c(S(=O)(=O)N(C)CCCCC(=O)NCC2CCN(c3ccncc3)CC2)c(C)c1.COc1cc(C)c(S(=O)(=O)N(C)CCCCC(=O)O)c(C)c1.NCC1CCN(c2ccncc2)CC1.O=C(C(=O)C(F)(F)F)C(F)(F)F.O=CO.O=CO. The first-order valence-electron chi connectivity index (χ1n) is 40.1. The fourth-order valence-corrected chi connectivity index (χ4v) is 18.7. The molecule has 124 heavy (non-hydrogen) atoms. The van der Waals surface area contributed by atoms with Gasteiger partial charge in [0.05, 0.1) is 36.0 Å². The largest absolute Gasteiger partial charge is 0.497 e. The van der Waals surface area contributed by atoms with Gasteiger partial charge < -0.3 is 60.6 Å². The number of pyridine rings is 3. The molecule has 3 aliphatic rings. The van der Waals surface area contributed by atoms with Gasteiger partial charge >= 0.3 is 29.9 Å². The number of methoxy groups -OCH3 is 3. The van der Waals surface area contributed by atoms with Crippen LogP contribution in [0.5, 0.6) is 17.2 Å². The summed E-state index contributed by atoms with van der Waals surface area (Å²) in [4.78, 5) is 91.3. The molecule has 3 saturated heterocycles. The molecule has 9 rings (SSSR count). The summed E-state index contributed by atoms with van der Waals surface area (Å²) in [6, 6.07) is 22.6. The van der Waals surface area contributed by atoms with E-state index in [9.17, 15) is 75.6 Å². The first kappa shape index (κ1) is 108. The molecule has 690 valence electrons. The van der Waals surface area contributed by atoms with Gasteiger partial charge in [0.1, 0.15) is 17.2 Å². The Morgan fingerprint density at radius 1 is 0.444 bits per heavy atom. The zero-order valence-corrected chi connectivity index (χ0v) is 74.8. The maximum absolute atomic E-state index is 13.1. The third-order valence-corrected chi connectivity index (χ3v) is 27.0. The van der Waals surface area contributed by atoms with E-state index in [0.717, 1.165) is 77.4 Å². The van der Waals surface area contributed by atoms with Crippen molar-refractivity contribution < 1.29 is 115 Å². The number of rotatable bonds is 33. The van der Waals surface area contributed by atoms with Crippen LogP contribution in [0.3, 0.4) is 0 Å². The number of aliphatic carboxylic acids is 1. The highest BCUT2D eigenvalue weighted by Gasteiger charge is 2.54. The number of anilines is 3. The standard InChI is InChI=1S/2C26H38N4O4S.C15H23NO5S.C11H17N3.C4F6O2.2CH2O2/c2*1-20-17-24(34-4)18-21(2)26(20)35(32,33)29(3)14-6-5-7-25(31)28-19-22-10-15-30(16-11-22)23-8-12-27-13-9-23;1-11-9-13(21-4)10-12(2)15(11)22(19,20)16(3)8-6-5-7-14(17)18;12-9-10-3-7-14(8-4-10)11-1-5-13-6-2-11;5-3(6,7)1(11)2(12)4(8,9)10;2*2-1-3/h2*8-9,12-13,17-18,22H,5-7,10-11,14-16,19H2,1-4H3,(H,28,31);9-10H,5-8H2,1-4H3,(H,17,18);1-2,5-6,10H,3-4,7-9,12H2;;2*1H,(H,2,3). The van der Waals surface area contributed by atoms with Crippen LogP contribution in [0.15, 0.2) is 125 Å². The van der Waals surface area contributed by atoms with E-state index in [1.807, 2.05) is 61.4 Å². The van der Waals surface area contributed by atoms with Gasteiger partial charge in [-0.05, 0) is 249 Å². The molecular formula is C84H120F6N12O19S3. The van der Waals surface area contributed by atoms with Crippen LogP contribution >= 0.6 is 0 Å². The third-order valence-electron chi connectivity index (χ3n) is 20.5. The van der Waals surface area contributed by atoms with Crippen LogP contribution in [-0.2, 0) is 63.6 Å². The summed E-state index contributed by atoms with van der Waals surface area (Å²) in [7, 11) is -1.43. The molecule has 3 fully saturated rings. The summed E-state index contributed by atoms with van der Waals surface area (Å²) in [6.07, 6.45) is 10.4. The smallest absolute Gasteiger partial charge is 0.458 e. The number of carboxylic acid groups (broad SMARTS) is 3. The number of ether oxygens (including phenoxy) is 3. The number of hydrogen-bond acceptors (Lipinski definition) is 23. The summed E-state index contributed by atoms with van der Waals surface area (Å²) < 4.78 is 164. The monoisotopic (exact) mass is 1810 g/mol. The lowest BCUT2D eigenvalue weighted by Crippen LogP contribution is -2.39. The van der Waals surface area contributed by atoms with Crippen LogP contribution in [0.1, 0.15) is 130 Å². The second kappa shape index (κ2) is 53.9. The van der Waals surface area contributed by atoms with Crippen molar-refractivity contribution in [2.24, 2.45) is 23.5 Å². The maximum atomic E-state index is 13.1. The van der Waals surface area contributed by atoms with Gasteiger partial charge in [-0.2, -0.15) is 26.3 Å². The van der Waals surface area contributed by atoms with Gasteiger partial charge in [0, 0.05) is 167 Å². The number of amides is 2. The van der Waals surface area contributed by atoms with Gasteiger partial charge in [-0.3, -0.25) is 48.5 Å². The molecule has 0 saturated carbocycles. The molecule has 0 spiro atoms. The Morgan fingerprint density at radius 3 is 0.879 bits per heavy atom. The van der Waals surface area contributed by atoms with Crippen molar-refractivity contribution in [1.82, 2.24) is 38.5 Å². The number of ketones is 2. The van der Waals surface area contributed by atoms with Gasteiger partial charge in [-0.25, -0.2) is 38.2 Å². The number of carbonyl (C=O) groups excluding carboxylic acids is 4. The minimum Gasteiger partial charge on any atom is -0.497 e. The van der Waals surface area contributed by atoms with Gasteiger partial charge in [0.15, 0.2) is 0 Å². The molecule has 31 nitrogen and oxygen atoms in total. The average Bonchev–Trinajstić information content (AvgIpc) is 0.791. The topological polar surface area (TPSA) is 418 Å². The predicted octanol–water partition coefficient (Wildman–Crippen LogP) is 11.2. The second-order valence-corrected chi connectivity index (χ2v) is 35.6. The molecule has 0 atom stereocenters. The van der Waals surface area contributed by atoms with E-state index in [2.05, 4.69) is 52.4 Å². The van der Waals surface area contributed by atoms with Crippen molar-refractivity contribution in [3.8, 4) is 17.2 Å². The number of nitrogens with two attached hydrogens (primary N) is 1. The van der Waals surface area contributed by atoms with E-state index >= 15 is 0 Å². The zero-order valence-electron chi connectivity index (χ0n) is 72.3. The van der Waals surface area contributed by atoms with Gasteiger partial charge in [-0.1, -0.05) is 0 Å². The molecule has 40 heteroatoms. The number of nitrogens with zero attached hydrogens (tertiary/aromatic N) is 9. The number of piperidine rings is 3. The van der Waals surface area contributed by atoms with Crippen LogP contribution in [-0.4, -0.2) is 244 Å². The van der Waals surface area contributed by atoms with E-state index in [-0.39, 0.29) is 36.1 Å². The lowest BCUT2D eigenvalue weighted by molar-refractivity contribution is -0.193. The predicted molar refractivity (Wildman–Crippen MR) is 458 cm³/mol. The Morgan fingerprint density at radius 2 is 0.669 bits per heavy atom. The van der Waals surface area contributed by atoms with Crippen molar-refractivity contribution in [2.75, 3.05) is 136 Å². The number of Topliss-reactive ketones (excluding diaryl/α,β-unsaturated/α-hetero) is 2. The summed E-state index contributed by atoms with van der Waals surface area (Å²) in [5.41, 5.74) is 13.3. The van der Waals surface area contributed by atoms with Crippen molar-refractivity contribution in [1.29, 1.82) is 0 Å². The maximum Gasteiger partial charge on any atom is 0.458 e. The molecule has 0 aliphatic carbocycles. The number of alkyl halides is 6. The third kappa shape index (κ3) is 36.2. The molecule has 6 aromatic rings. The number of nitrogens with one attached hydrogen (secondary N) is 2. The summed E-state index contributed by atoms with van der Waals surface area (Å²) in [5.74, 6) is -3.99. The normalized spacial score (nSPS) is 14.0. The lowest BCUT2D eigenvalue weighted by Gasteiger charge is -2.33. The Kier molecular flexibility index (Phi) is 47.0. The summed E-state index contributed by atoms with van der Waals surface area (Å²) in [6.45, 7) is 19.6. The average molecular weight is 1810 g/mol. The van der Waals surface area contributed by atoms with Crippen molar-refractivity contribution in [3.05, 3.63) is 143 Å². The zero-order chi connectivity index (χ0) is 93.1. The number of sulfonamides is 3. The molecule has 0 bridgehead atoms. The van der Waals surface area contributed by atoms with E-state index in [4.69, 9.17) is 44.9 Å². The fraction of sp³-hybridized carbons (Fsp3) is 0.524. The van der Waals surface area contributed by atoms with Crippen molar-refractivity contribution >= 4 is 89.4 Å². The molecule has 2 amide bonds. The molecule has 3 aromatic heterocycles. The van der Waals surface area contributed by atoms with Gasteiger partial charge in [0.2, 0.25) is 41.9 Å². The number of carboxylic acids is 1. The highest BCUT2D eigenvalue weighted by atomic mass is 32.2. The van der Waals surface area contributed by atoms with E-state index in [0.29, 0.717) is 156 Å². The van der Waals surface area contributed by atoms with Crippen LogP contribution in [0.4, 0.5) is 43.4 Å². The Bertz CT molecular complexity index is 4390. The van der Waals surface area contributed by atoms with E-state index in [1.165, 1.54) is 57.0 Å². The number of halogens is 6. The Hall–Kier alpha value is -10.1. The Labute approximate surface area is 723 Å². The number of hydrogen-bond donors (Lipinski definition) is 6. The van der Waals surface area contributed by atoms with E-state index in [1.54, 1.807) is 106 Å². The summed E-state index contributed by atoms with van der Waals surface area (Å²) >= 11 is 0. The molecule has 0 radical (unpaired) electrons. The number of carbonyl (C=O) groups is 7. The molecule has 3 aromatic carbocycles. The quantitative estimate of drug-likeness (QED) is 0.00964. The lowest BCUT2D eigenvalue weighted by atomic mass is 9.96. The molecule has 3 aliphatic heterocycles. The minimum absolute atomic E-state index is 0.0360. The van der Waals surface area contributed by atoms with Crippen LogP contribution in [0.2, 0.25) is 0 Å². The first-order valence-corrected chi connectivity index (χ1v) is 44.4. The number of unbranched alkanes of at least 4 members (excludes halogenated alkanes) is 3. The van der Waals surface area contributed by atoms with Gasteiger partial charge in [0.25, 0.3) is 12.9 Å². The fourth-order valence-electron chi connectivity index (χ4n) is 13.8.